The van der Waals surface area contributed by atoms with Crippen LogP contribution in [-0.4, -0.2) is 29.7 Å². The zero-order chi connectivity index (χ0) is 14.4. The Kier molecular flexibility index (Phi) is 5.31. The summed E-state index contributed by atoms with van der Waals surface area (Å²) in [5, 5.41) is 13.3. The number of hydrogen-bond donors (Lipinski definition) is 2. The lowest BCUT2D eigenvalue weighted by molar-refractivity contribution is -0.131. The molecule has 2 heterocycles. The van der Waals surface area contributed by atoms with E-state index >= 15 is 0 Å². The van der Waals surface area contributed by atoms with Crippen molar-refractivity contribution < 1.29 is 19.4 Å². The number of hydrogen-bond acceptors (Lipinski definition) is 4. The van der Waals surface area contributed by atoms with Crippen molar-refractivity contribution >= 4 is 29.3 Å². The fourth-order valence-electron chi connectivity index (χ4n) is 2.02. The Hall–Kier alpha value is -1.66. The average molecular weight is 295 g/mol. The molecule has 2 rings (SSSR count). The molecule has 1 amide bonds. The molecule has 1 aromatic heterocycles. The molecule has 0 radical (unpaired) electrons. The zero-order valence-electron chi connectivity index (χ0n) is 11.0. The number of carboxylic acid groups (broad SMARTS) is 1. The van der Waals surface area contributed by atoms with Crippen molar-refractivity contribution in [2.75, 3.05) is 6.61 Å². The Balaban J connectivity index is 1.75. The number of ether oxygens (including phenoxy) is 1. The van der Waals surface area contributed by atoms with E-state index in [1.165, 1.54) is 17.4 Å². The maximum absolute atomic E-state index is 11.7. The fraction of sp³-hybridized carbons (Fsp3) is 0.429. The Bertz CT molecular complexity index is 503. The molecule has 0 aromatic carbocycles. The molecule has 1 fully saturated rings. The lowest BCUT2D eigenvalue weighted by Gasteiger charge is -2.08. The molecule has 2 N–H and O–H groups in total. The van der Waals surface area contributed by atoms with Gasteiger partial charge >= 0.3 is 5.97 Å². The van der Waals surface area contributed by atoms with Crippen molar-refractivity contribution in [1.29, 1.82) is 0 Å². The predicted molar refractivity (Wildman–Crippen MR) is 76.4 cm³/mol. The van der Waals surface area contributed by atoms with E-state index in [0.29, 0.717) is 13.0 Å². The number of carbonyl (C=O) groups is 2. The number of carbonyl (C=O) groups excluding carboxylic acids is 1. The van der Waals surface area contributed by atoms with Gasteiger partial charge in [-0.15, -0.1) is 11.3 Å². The summed E-state index contributed by atoms with van der Waals surface area (Å²) in [4.78, 5) is 23.1. The van der Waals surface area contributed by atoms with Gasteiger partial charge in [-0.3, -0.25) is 4.79 Å². The SMILES string of the molecule is O=C(O)C=Cc1csc(CNC(=O)CC2CCCO2)c1. The molecule has 1 unspecified atom stereocenters. The molecule has 1 aliphatic rings. The van der Waals surface area contributed by atoms with Gasteiger partial charge in [0.25, 0.3) is 0 Å². The molecule has 1 saturated heterocycles. The molecule has 108 valence electrons. The van der Waals surface area contributed by atoms with E-state index in [0.717, 1.165) is 36.0 Å². The van der Waals surface area contributed by atoms with Crippen LogP contribution in [0.15, 0.2) is 17.5 Å². The number of amides is 1. The van der Waals surface area contributed by atoms with Crippen molar-refractivity contribution in [2.24, 2.45) is 0 Å². The fourth-order valence-corrected chi connectivity index (χ4v) is 2.81. The quantitative estimate of drug-likeness (QED) is 0.787. The minimum absolute atomic E-state index is 0.00655. The first-order valence-electron chi connectivity index (χ1n) is 6.50. The third-order valence-corrected chi connectivity index (χ3v) is 3.94. The van der Waals surface area contributed by atoms with Crippen molar-refractivity contribution in [3.05, 3.63) is 28.0 Å². The average Bonchev–Trinajstić information content (AvgIpc) is 3.05. The normalized spacial score (nSPS) is 18.5. The molecule has 0 bridgehead atoms. The second-order valence-corrected chi connectivity index (χ2v) is 5.63. The number of nitrogens with one attached hydrogen (secondary N) is 1. The first-order valence-corrected chi connectivity index (χ1v) is 7.38. The second-order valence-electron chi connectivity index (χ2n) is 4.63. The van der Waals surface area contributed by atoms with E-state index in [9.17, 15) is 9.59 Å². The number of aliphatic carboxylic acids is 1. The summed E-state index contributed by atoms with van der Waals surface area (Å²) >= 11 is 1.50. The lowest BCUT2D eigenvalue weighted by Crippen LogP contribution is -2.26. The van der Waals surface area contributed by atoms with Crippen LogP contribution in [0.2, 0.25) is 0 Å². The van der Waals surface area contributed by atoms with E-state index in [4.69, 9.17) is 9.84 Å². The van der Waals surface area contributed by atoms with Gasteiger partial charge in [-0.1, -0.05) is 0 Å². The van der Waals surface area contributed by atoms with Gasteiger partial charge in [0, 0.05) is 17.6 Å². The molecular formula is C14H17NO4S. The van der Waals surface area contributed by atoms with Crippen molar-refractivity contribution in [3.63, 3.8) is 0 Å². The van der Waals surface area contributed by atoms with Crippen LogP contribution in [0.1, 0.15) is 29.7 Å². The van der Waals surface area contributed by atoms with E-state index in [2.05, 4.69) is 5.32 Å². The van der Waals surface area contributed by atoms with Gasteiger partial charge in [0.05, 0.1) is 19.1 Å². The predicted octanol–water partition coefficient (Wildman–Crippen LogP) is 2.03. The third-order valence-electron chi connectivity index (χ3n) is 2.99. The van der Waals surface area contributed by atoms with Gasteiger partial charge in [0.2, 0.25) is 5.91 Å². The molecule has 6 heteroatoms. The van der Waals surface area contributed by atoms with Gasteiger partial charge in [-0.2, -0.15) is 0 Å². The molecule has 20 heavy (non-hydrogen) atoms. The minimum Gasteiger partial charge on any atom is -0.478 e. The largest absolute Gasteiger partial charge is 0.478 e. The van der Waals surface area contributed by atoms with Crippen molar-refractivity contribution in [1.82, 2.24) is 5.32 Å². The Morgan fingerprint density at radius 1 is 1.55 bits per heavy atom. The van der Waals surface area contributed by atoms with E-state index in [1.807, 2.05) is 11.4 Å². The molecule has 0 spiro atoms. The van der Waals surface area contributed by atoms with Crippen LogP contribution in [0.5, 0.6) is 0 Å². The van der Waals surface area contributed by atoms with Gasteiger partial charge in [0.15, 0.2) is 0 Å². The molecule has 5 nitrogen and oxygen atoms in total. The van der Waals surface area contributed by atoms with Gasteiger partial charge in [-0.05, 0) is 35.9 Å². The van der Waals surface area contributed by atoms with Crippen LogP contribution in [0.4, 0.5) is 0 Å². The maximum atomic E-state index is 11.7. The highest BCUT2D eigenvalue weighted by Gasteiger charge is 2.18. The van der Waals surface area contributed by atoms with E-state index in [1.54, 1.807) is 0 Å². The summed E-state index contributed by atoms with van der Waals surface area (Å²) in [6.07, 6.45) is 5.10. The van der Waals surface area contributed by atoms with Crippen LogP contribution in [-0.2, 0) is 20.9 Å². The summed E-state index contributed by atoms with van der Waals surface area (Å²) in [6, 6.07) is 1.87. The number of carboxylic acids is 1. The molecule has 1 aliphatic heterocycles. The smallest absolute Gasteiger partial charge is 0.328 e. The molecule has 0 aliphatic carbocycles. The monoisotopic (exact) mass is 295 g/mol. The summed E-state index contributed by atoms with van der Waals surface area (Å²) in [5.74, 6) is -0.976. The molecular weight excluding hydrogens is 278 g/mol. The number of thiophene rings is 1. The summed E-state index contributed by atoms with van der Waals surface area (Å²) in [5.41, 5.74) is 0.834. The zero-order valence-corrected chi connectivity index (χ0v) is 11.8. The number of rotatable bonds is 6. The Morgan fingerprint density at radius 2 is 2.40 bits per heavy atom. The van der Waals surface area contributed by atoms with E-state index in [-0.39, 0.29) is 12.0 Å². The Labute approximate surface area is 121 Å². The summed E-state index contributed by atoms with van der Waals surface area (Å²) < 4.78 is 5.41. The second kappa shape index (κ2) is 7.21. The summed E-state index contributed by atoms with van der Waals surface area (Å²) in [6.45, 7) is 1.22. The molecule has 1 atom stereocenters. The molecule has 0 saturated carbocycles. The Morgan fingerprint density at radius 3 is 3.10 bits per heavy atom. The van der Waals surface area contributed by atoms with Crippen LogP contribution < -0.4 is 5.32 Å². The van der Waals surface area contributed by atoms with Gasteiger partial charge < -0.3 is 15.2 Å². The highest BCUT2D eigenvalue weighted by atomic mass is 32.1. The summed E-state index contributed by atoms with van der Waals surface area (Å²) in [7, 11) is 0. The molecule has 1 aromatic rings. The first kappa shape index (κ1) is 14.7. The standard InChI is InChI=1S/C14H17NO4S/c16-13(7-11-2-1-5-19-11)15-8-12-6-10(9-20-12)3-4-14(17)18/h3-4,6,9,11H,1-2,5,7-8H2,(H,15,16)(H,17,18). The van der Waals surface area contributed by atoms with Crippen LogP contribution in [0, 0.1) is 0 Å². The third kappa shape index (κ3) is 4.79. The highest BCUT2D eigenvalue weighted by molar-refractivity contribution is 7.10. The van der Waals surface area contributed by atoms with Crippen LogP contribution in [0.3, 0.4) is 0 Å². The first-order chi connectivity index (χ1) is 9.63. The van der Waals surface area contributed by atoms with Crippen molar-refractivity contribution in [2.45, 2.75) is 31.9 Å². The highest BCUT2D eigenvalue weighted by Crippen LogP contribution is 2.17. The topological polar surface area (TPSA) is 75.6 Å². The minimum atomic E-state index is -0.970. The van der Waals surface area contributed by atoms with Crippen molar-refractivity contribution in [3.8, 4) is 0 Å². The van der Waals surface area contributed by atoms with E-state index < -0.39 is 5.97 Å². The van der Waals surface area contributed by atoms with Crippen LogP contribution >= 0.6 is 11.3 Å². The lowest BCUT2D eigenvalue weighted by atomic mass is 10.2. The maximum Gasteiger partial charge on any atom is 0.328 e. The van der Waals surface area contributed by atoms with Gasteiger partial charge in [-0.25, -0.2) is 4.79 Å². The van der Waals surface area contributed by atoms with Gasteiger partial charge in [0.1, 0.15) is 0 Å². The van der Waals surface area contributed by atoms with Crippen LogP contribution in [0.25, 0.3) is 6.08 Å².